The van der Waals surface area contributed by atoms with E-state index in [1.807, 2.05) is 13.1 Å². The van der Waals surface area contributed by atoms with Gasteiger partial charge in [0.15, 0.2) is 29.8 Å². The Balaban J connectivity index is 1.41. The van der Waals surface area contributed by atoms with E-state index in [0.29, 0.717) is 19.4 Å². The third-order valence-electron chi connectivity index (χ3n) is 7.86. The number of benzene rings is 1. The van der Waals surface area contributed by atoms with Gasteiger partial charge in [0.1, 0.15) is 5.76 Å². The van der Waals surface area contributed by atoms with Gasteiger partial charge in [0, 0.05) is 18.0 Å². The van der Waals surface area contributed by atoms with E-state index in [1.165, 1.54) is 0 Å². The lowest BCUT2D eigenvalue weighted by Gasteiger charge is -2.61. The Kier molecular flexibility index (Phi) is 5.35. The van der Waals surface area contributed by atoms with Crippen LogP contribution in [0.15, 0.2) is 24.0 Å². The Hall–Kier alpha value is -3.15. The zero-order valence-corrected chi connectivity index (χ0v) is 19.3. The molecule has 0 saturated carbocycles. The van der Waals surface area contributed by atoms with E-state index in [9.17, 15) is 29.7 Å². The van der Waals surface area contributed by atoms with Crippen molar-refractivity contribution in [1.29, 1.82) is 0 Å². The fourth-order valence-corrected chi connectivity index (χ4v) is 6.15. The zero-order valence-electron chi connectivity index (χ0n) is 19.3. The van der Waals surface area contributed by atoms with Gasteiger partial charge in [0.2, 0.25) is 0 Å². The quantitative estimate of drug-likeness (QED) is 0.397. The summed E-state index contributed by atoms with van der Waals surface area (Å²) in [4.78, 5) is 37.5. The van der Waals surface area contributed by atoms with Gasteiger partial charge in [0.05, 0.1) is 17.4 Å². The number of aromatic hydroxyl groups is 1. The molecule has 0 radical (unpaired) electrons. The molecule has 1 spiro atoms. The minimum absolute atomic E-state index is 0.0661. The number of rotatable bonds is 6. The number of carbonyl (C=O) groups excluding carboxylic acids is 2. The summed E-state index contributed by atoms with van der Waals surface area (Å²) in [6, 6.07) is 3.18. The van der Waals surface area contributed by atoms with Gasteiger partial charge < -0.3 is 39.5 Å². The van der Waals surface area contributed by atoms with Crippen LogP contribution in [0, 0.1) is 0 Å². The number of aliphatic hydroxyl groups is 2. The SMILES string of the molecule is C[C@H](OC(=O)[C@@H](O)CC(=O)OC1=CC[C@@]2(O)[C@@H]3Cc4ccc(O)c5c4[C@@]2(CCN3C)[C@H]1O5)C(=O)O. The molecule has 11 nitrogen and oxygen atoms in total. The van der Waals surface area contributed by atoms with Crippen molar-refractivity contribution in [2.75, 3.05) is 13.6 Å². The molecular weight excluding hydrogens is 462 g/mol. The molecule has 0 unspecified atom stereocenters. The average Bonchev–Trinajstić information content (AvgIpc) is 3.15. The zero-order chi connectivity index (χ0) is 25.3. The predicted octanol–water partition coefficient (Wildman–Crippen LogP) is -0.0196. The molecule has 35 heavy (non-hydrogen) atoms. The van der Waals surface area contributed by atoms with Crippen molar-refractivity contribution in [3.63, 3.8) is 0 Å². The molecular formula is C24H27NO10. The number of aliphatic carboxylic acids is 1. The van der Waals surface area contributed by atoms with Gasteiger partial charge in [-0.25, -0.2) is 9.59 Å². The summed E-state index contributed by atoms with van der Waals surface area (Å²) in [5, 5.41) is 41.4. The molecule has 11 heteroatoms. The lowest BCUT2D eigenvalue weighted by molar-refractivity contribution is -0.173. The largest absolute Gasteiger partial charge is 0.504 e. The van der Waals surface area contributed by atoms with Crippen molar-refractivity contribution in [1.82, 2.24) is 4.90 Å². The number of likely N-dealkylation sites (tertiary alicyclic amines) is 1. The number of ether oxygens (including phenoxy) is 3. The van der Waals surface area contributed by atoms with Crippen molar-refractivity contribution in [2.45, 2.75) is 68.0 Å². The molecule has 1 aromatic rings. The number of phenols is 1. The summed E-state index contributed by atoms with van der Waals surface area (Å²) >= 11 is 0. The number of esters is 2. The van der Waals surface area contributed by atoms with Gasteiger partial charge in [-0.2, -0.15) is 0 Å². The van der Waals surface area contributed by atoms with Gasteiger partial charge in [-0.05, 0) is 51.1 Å². The second kappa shape index (κ2) is 7.94. The van der Waals surface area contributed by atoms with E-state index >= 15 is 0 Å². The van der Waals surface area contributed by atoms with Crippen molar-refractivity contribution in [3.05, 3.63) is 35.1 Å². The topological polar surface area (TPSA) is 163 Å². The summed E-state index contributed by atoms with van der Waals surface area (Å²) in [5.41, 5.74) is -0.463. The van der Waals surface area contributed by atoms with Crippen LogP contribution in [0.1, 0.15) is 37.3 Å². The van der Waals surface area contributed by atoms with Crippen LogP contribution in [0.4, 0.5) is 0 Å². The van der Waals surface area contributed by atoms with Gasteiger partial charge >= 0.3 is 17.9 Å². The molecule has 2 aliphatic carbocycles. The van der Waals surface area contributed by atoms with Crippen molar-refractivity contribution in [2.24, 2.45) is 0 Å². The summed E-state index contributed by atoms with van der Waals surface area (Å²) in [6.45, 7) is 1.78. The Bertz CT molecular complexity index is 1150. The number of aliphatic hydroxyl groups excluding tert-OH is 1. The number of carboxylic acids is 1. The normalized spacial score (nSPS) is 31.9. The highest BCUT2D eigenvalue weighted by atomic mass is 16.6. The van der Waals surface area contributed by atoms with Gasteiger partial charge in [-0.3, -0.25) is 4.79 Å². The lowest BCUT2D eigenvalue weighted by Crippen LogP contribution is -2.74. The number of piperidine rings is 1. The third kappa shape index (κ3) is 3.25. The third-order valence-corrected chi connectivity index (χ3v) is 7.86. The number of carboxylic acid groups (broad SMARTS) is 1. The van der Waals surface area contributed by atoms with Crippen molar-refractivity contribution in [3.8, 4) is 11.5 Å². The van der Waals surface area contributed by atoms with E-state index in [1.54, 1.807) is 12.1 Å². The van der Waals surface area contributed by atoms with Crippen LogP contribution in [0.25, 0.3) is 0 Å². The smallest absolute Gasteiger partial charge is 0.344 e. The Labute approximate surface area is 200 Å². The fraction of sp³-hybridized carbons (Fsp3) is 0.542. The van der Waals surface area contributed by atoms with Crippen LogP contribution in [-0.2, 0) is 35.7 Å². The summed E-state index contributed by atoms with van der Waals surface area (Å²) in [7, 11) is 1.96. The van der Waals surface area contributed by atoms with E-state index in [-0.39, 0.29) is 29.7 Å². The highest BCUT2D eigenvalue weighted by Gasteiger charge is 2.72. The summed E-state index contributed by atoms with van der Waals surface area (Å²) in [5.74, 6) is -3.27. The molecule has 4 aliphatic rings. The summed E-state index contributed by atoms with van der Waals surface area (Å²) < 4.78 is 16.3. The van der Waals surface area contributed by atoms with Crippen LogP contribution >= 0.6 is 0 Å². The van der Waals surface area contributed by atoms with Crippen LogP contribution in [0.2, 0.25) is 0 Å². The first-order chi connectivity index (χ1) is 16.5. The molecule has 188 valence electrons. The predicted molar refractivity (Wildman–Crippen MR) is 116 cm³/mol. The fourth-order valence-electron chi connectivity index (χ4n) is 6.15. The number of likely N-dealkylation sites (N-methyl/N-ethyl adjacent to an activating group) is 1. The monoisotopic (exact) mass is 489 g/mol. The van der Waals surface area contributed by atoms with Crippen molar-refractivity contribution >= 4 is 17.9 Å². The average molecular weight is 489 g/mol. The molecule has 2 aliphatic heterocycles. The van der Waals surface area contributed by atoms with Gasteiger partial charge in [-0.15, -0.1) is 0 Å². The Morgan fingerprint density at radius 3 is 2.77 bits per heavy atom. The van der Waals surface area contributed by atoms with Crippen LogP contribution < -0.4 is 4.74 Å². The number of hydrogen-bond acceptors (Lipinski definition) is 10. The van der Waals surface area contributed by atoms with Gasteiger partial charge in [-0.1, -0.05) is 6.07 Å². The van der Waals surface area contributed by atoms with Gasteiger partial charge in [0.25, 0.3) is 0 Å². The van der Waals surface area contributed by atoms with Crippen molar-refractivity contribution < 1.29 is 49.0 Å². The number of hydrogen-bond donors (Lipinski definition) is 4. The first kappa shape index (κ1) is 23.6. The first-order valence-electron chi connectivity index (χ1n) is 11.5. The Morgan fingerprint density at radius 2 is 2.06 bits per heavy atom. The molecule has 0 amide bonds. The maximum Gasteiger partial charge on any atom is 0.344 e. The first-order valence-corrected chi connectivity index (χ1v) is 11.5. The Morgan fingerprint density at radius 1 is 1.31 bits per heavy atom. The lowest BCUT2D eigenvalue weighted by atomic mass is 9.50. The minimum Gasteiger partial charge on any atom is -0.504 e. The molecule has 5 rings (SSSR count). The number of phenolic OH excluding ortho intramolecular Hbond substituents is 1. The molecule has 1 fully saturated rings. The molecule has 0 aromatic heterocycles. The van der Waals surface area contributed by atoms with E-state index in [4.69, 9.17) is 14.6 Å². The molecule has 1 aromatic carbocycles. The molecule has 4 N–H and O–H groups in total. The highest BCUT2D eigenvalue weighted by Crippen LogP contribution is 2.65. The molecule has 6 atom stereocenters. The van der Waals surface area contributed by atoms with E-state index < -0.39 is 53.7 Å². The maximum absolute atomic E-state index is 12.6. The van der Waals surface area contributed by atoms with E-state index in [0.717, 1.165) is 18.1 Å². The minimum atomic E-state index is -1.91. The van der Waals surface area contributed by atoms with Crippen LogP contribution in [0.3, 0.4) is 0 Å². The van der Waals surface area contributed by atoms with Crippen LogP contribution in [0.5, 0.6) is 11.5 Å². The molecule has 1 saturated heterocycles. The standard InChI is InChI=1S/C24H27NO10/c1-11(21(29)30)33-22(31)14(27)10-17(28)34-15-5-6-24(32)16-9-12-3-4-13(26)19-18(12)23(24,20(15)35-19)7-8-25(16)2/h3-5,11,14,16,20,26-27,32H,6-10H2,1-2H3,(H,29,30)/t11-,14-,16-,20-,23-,24+/m0/s1. The second-order valence-electron chi connectivity index (χ2n) is 9.71. The molecule has 2 heterocycles. The summed E-state index contributed by atoms with van der Waals surface area (Å²) in [6.07, 6.45) is -2.20. The number of carbonyl (C=O) groups is 3. The molecule has 2 bridgehead atoms. The van der Waals surface area contributed by atoms with Crippen LogP contribution in [-0.4, -0.2) is 86.8 Å². The highest BCUT2D eigenvalue weighted by molar-refractivity contribution is 5.84. The van der Waals surface area contributed by atoms with E-state index in [2.05, 4.69) is 9.64 Å². The second-order valence-corrected chi connectivity index (χ2v) is 9.71. The number of nitrogens with zero attached hydrogens (tertiary/aromatic N) is 1. The maximum atomic E-state index is 12.6.